The van der Waals surface area contributed by atoms with Crippen LogP contribution in [0.4, 0.5) is 0 Å². The van der Waals surface area contributed by atoms with Crippen molar-refractivity contribution in [2.45, 2.75) is 27.3 Å². The van der Waals surface area contributed by atoms with Crippen molar-refractivity contribution in [1.82, 2.24) is 5.32 Å². The zero-order valence-electron chi connectivity index (χ0n) is 11.3. The number of rotatable bonds is 5. The number of aliphatic hydroxyl groups is 1. The van der Waals surface area contributed by atoms with Gasteiger partial charge in [0.1, 0.15) is 11.3 Å². The topological polar surface area (TPSA) is 45.4 Å². The van der Waals surface area contributed by atoms with E-state index in [1.54, 1.807) is 0 Å². The highest BCUT2D eigenvalue weighted by Gasteiger charge is 2.16. The van der Waals surface area contributed by atoms with Crippen LogP contribution in [0.15, 0.2) is 28.7 Å². The van der Waals surface area contributed by atoms with E-state index < -0.39 is 0 Å². The average molecular weight is 247 g/mol. The number of hydrogen-bond acceptors (Lipinski definition) is 3. The fourth-order valence-corrected chi connectivity index (χ4v) is 2.02. The van der Waals surface area contributed by atoms with Gasteiger partial charge in [-0.2, -0.15) is 0 Å². The predicted octanol–water partition coefficient (Wildman–Crippen LogP) is 2.85. The van der Waals surface area contributed by atoms with Crippen LogP contribution in [0, 0.1) is 12.3 Å². The minimum Gasteiger partial charge on any atom is -0.461 e. The van der Waals surface area contributed by atoms with E-state index in [1.165, 1.54) is 10.9 Å². The predicted molar refractivity (Wildman–Crippen MR) is 73.5 cm³/mol. The number of nitrogens with one attached hydrogen (secondary N) is 1. The maximum absolute atomic E-state index is 9.22. The van der Waals surface area contributed by atoms with Gasteiger partial charge in [-0.15, -0.1) is 0 Å². The fourth-order valence-electron chi connectivity index (χ4n) is 2.02. The Balaban J connectivity index is 2.10. The molecule has 18 heavy (non-hydrogen) atoms. The fraction of sp³-hybridized carbons (Fsp3) is 0.467. The lowest BCUT2D eigenvalue weighted by Crippen LogP contribution is -2.31. The van der Waals surface area contributed by atoms with Crippen molar-refractivity contribution in [1.29, 1.82) is 0 Å². The van der Waals surface area contributed by atoms with E-state index in [9.17, 15) is 5.11 Å². The van der Waals surface area contributed by atoms with Gasteiger partial charge in [0.05, 0.1) is 0 Å². The zero-order valence-corrected chi connectivity index (χ0v) is 11.3. The van der Waals surface area contributed by atoms with E-state index in [1.807, 2.05) is 39.0 Å². The molecule has 0 fully saturated rings. The van der Waals surface area contributed by atoms with Gasteiger partial charge in [0.25, 0.3) is 0 Å². The van der Waals surface area contributed by atoms with Crippen molar-refractivity contribution in [3.63, 3.8) is 0 Å². The first-order valence-corrected chi connectivity index (χ1v) is 6.32. The summed E-state index contributed by atoms with van der Waals surface area (Å²) in [4.78, 5) is 0. The highest BCUT2D eigenvalue weighted by molar-refractivity contribution is 5.82. The van der Waals surface area contributed by atoms with E-state index in [0.717, 1.165) is 24.4 Å². The van der Waals surface area contributed by atoms with Crippen molar-refractivity contribution in [3.8, 4) is 0 Å². The summed E-state index contributed by atoms with van der Waals surface area (Å²) in [7, 11) is 0. The molecule has 0 aliphatic rings. The van der Waals surface area contributed by atoms with Crippen molar-refractivity contribution >= 4 is 11.0 Å². The number of aryl methyl sites for hydroxylation is 1. The maximum atomic E-state index is 9.22. The smallest absolute Gasteiger partial charge is 0.134 e. The summed E-state index contributed by atoms with van der Waals surface area (Å²) < 4.78 is 5.72. The molecule has 3 heteroatoms. The van der Waals surface area contributed by atoms with Crippen LogP contribution in [0.2, 0.25) is 0 Å². The van der Waals surface area contributed by atoms with Gasteiger partial charge in [-0.1, -0.05) is 32.0 Å². The molecule has 2 N–H and O–H groups in total. The lowest BCUT2D eigenvalue weighted by atomic mass is 9.95. The molecule has 0 atom stereocenters. The van der Waals surface area contributed by atoms with Crippen LogP contribution < -0.4 is 5.32 Å². The molecule has 1 aromatic heterocycles. The second kappa shape index (κ2) is 5.12. The number of aliphatic hydroxyl groups excluding tert-OH is 1. The molecule has 2 rings (SSSR count). The Hall–Kier alpha value is -1.32. The molecule has 2 aromatic rings. The second-order valence-electron chi connectivity index (χ2n) is 5.56. The molecule has 3 nitrogen and oxygen atoms in total. The highest BCUT2D eigenvalue weighted by Crippen LogP contribution is 2.25. The molecular weight excluding hydrogens is 226 g/mol. The third-order valence-corrected chi connectivity index (χ3v) is 3.23. The van der Waals surface area contributed by atoms with Gasteiger partial charge in [0, 0.05) is 36.1 Å². The van der Waals surface area contributed by atoms with Gasteiger partial charge in [0.2, 0.25) is 0 Å². The number of benzene rings is 1. The van der Waals surface area contributed by atoms with Crippen LogP contribution in [0.1, 0.15) is 25.2 Å². The summed E-state index contributed by atoms with van der Waals surface area (Å²) in [5.41, 5.74) is 2.06. The molecule has 0 bridgehead atoms. The summed E-state index contributed by atoms with van der Waals surface area (Å²) in [6.07, 6.45) is 0. The second-order valence-corrected chi connectivity index (χ2v) is 5.56. The normalized spacial score (nSPS) is 12.2. The first-order chi connectivity index (χ1) is 8.53. The first-order valence-electron chi connectivity index (χ1n) is 6.32. The quantitative estimate of drug-likeness (QED) is 0.854. The van der Waals surface area contributed by atoms with Crippen molar-refractivity contribution in [2.24, 2.45) is 5.41 Å². The van der Waals surface area contributed by atoms with Gasteiger partial charge in [-0.25, -0.2) is 0 Å². The summed E-state index contributed by atoms with van der Waals surface area (Å²) in [5.74, 6) is 0.963. The molecule has 0 aliphatic heterocycles. The van der Waals surface area contributed by atoms with Crippen molar-refractivity contribution < 1.29 is 9.52 Å². The van der Waals surface area contributed by atoms with Gasteiger partial charge in [0.15, 0.2) is 0 Å². The molecule has 98 valence electrons. The minimum absolute atomic E-state index is 0.0898. The molecule has 0 aliphatic carbocycles. The number of hydrogen-bond donors (Lipinski definition) is 2. The summed E-state index contributed by atoms with van der Waals surface area (Å²) in [5, 5.41) is 13.8. The SMILES string of the molecule is Cc1oc2ccccc2c1CNCC(C)(C)CO. The van der Waals surface area contributed by atoms with Crippen LogP contribution in [0.3, 0.4) is 0 Å². The molecule has 0 radical (unpaired) electrons. The van der Waals surface area contributed by atoms with Crippen LogP contribution in [0.5, 0.6) is 0 Å². The molecule has 0 spiro atoms. The lowest BCUT2D eigenvalue weighted by molar-refractivity contribution is 0.156. The van der Waals surface area contributed by atoms with Crippen LogP contribution in [-0.2, 0) is 6.54 Å². The zero-order chi connectivity index (χ0) is 13.2. The molecule has 1 heterocycles. The van der Waals surface area contributed by atoms with E-state index >= 15 is 0 Å². The Morgan fingerprint density at radius 3 is 2.72 bits per heavy atom. The highest BCUT2D eigenvalue weighted by atomic mass is 16.3. The van der Waals surface area contributed by atoms with E-state index in [2.05, 4.69) is 11.4 Å². The van der Waals surface area contributed by atoms with Gasteiger partial charge < -0.3 is 14.8 Å². The number of furan rings is 1. The van der Waals surface area contributed by atoms with Crippen molar-refractivity contribution in [2.75, 3.05) is 13.2 Å². The first kappa shape index (κ1) is 13.1. The van der Waals surface area contributed by atoms with E-state index in [4.69, 9.17) is 4.42 Å². The number of fused-ring (bicyclic) bond motifs is 1. The maximum Gasteiger partial charge on any atom is 0.134 e. The van der Waals surface area contributed by atoms with Gasteiger partial charge in [-0.3, -0.25) is 0 Å². The Kier molecular flexibility index (Phi) is 3.73. The van der Waals surface area contributed by atoms with Crippen LogP contribution in [-0.4, -0.2) is 18.3 Å². The summed E-state index contributed by atoms with van der Waals surface area (Å²) in [6.45, 7) is 7.81. The largest absolute Gasteiger partial charge is 0.461 e. The van der Waals surface area contributed by atoms with E-state index in [-0.39, 0.29) is 12.0 Å². The standard InChI is InChI=1S/C15H21NO2/c1-11-13(8-16-9-15(2,3)10-17)12-6-4-5-7-14(12)18-11/h4-7,16-17H,8-10H2,1-3H3. The molecule has 0 saturated heterocycles. The Morgan fingerprint density at radius 2 is 2.00 bits per heavy atom. The van der Waals surface area contributed by atoms with Gasteiger partial charge in [-0.05, 0) is 13.0 Å². The summed E-state index contributed by atoms with van der Waals surface area (Å²) >= 11 is 0. The molecule has 0 unspecified atom stereocenters. The molecule has 1 aromatic carbocycles. The Morgan fingerprint density at radius 1 is 1.28 bits per heavy atom. The van der Waals surface area contributed by atoms with Crippen LogP contribution >= 0.6 is 0 Å². The van der Waals surface area contributed by atoms with Gasteiger partial charge >= 0.3 is 0 Å². The van der Waals surface area contributed by atoms with E-state index in [0.29, 0.717) is 0 Å². The Bertz CT molecular complexity index is 528. The summed E-state index contributed by atoms with van der Waals surface area (Å²) in [6, 6.07) is 8.08. The molecule has 0 amide bonds. The van der Waals surface area contributed by atoms with Crippen LogP contribution in [0.25, 0.3) is 11.0 Å². The average Bonchev–Trinajstić information content (AvgIpc) is 2.66. The molecular formula is C15H21NO2. The monoisotopic (exact) mass is 247 g/mol. The Labute approximate surface area is 108 Å². The lowest BCUT2D eigenvalue weighted by Gasteiger charge is -2.21. The minimum atomic E-state index is -0.0898. The third-order valence-electron chi connectivity index (χ3n) is 3.23. The number of para-hydroxylation sites is 1. The van der Waals surface area contributed by atoms with Crippen molar-refractivity contribution in [3.05, 3.63) is 35.6 Å². The molecule has 0 saturated carbocycles. The third kappa shape index (κ3) is 2.74.